The van der Waals surface area contributed by atoms with Crippen LogP contribution in [0.5, 0.6) is 0 Å². The average molecular weight is 494 g/mol. The molecule has 34 heavy (non-hydrogen) atoms. The van der Waals surface area contributed by atoms with Gasteiger partial charge in [0.15, 0.2) is 0 Å². The molecule has 3 N–H and O–H groups in total. The first kappa shape index (κ1) is 22.0. The van der Waals surface area contributed by atoms with E-state index in [0.29, 0.717) is 43.8 Å². The van der Waals surface area contributed by atoms with Gasteiger partial charge in [0.1, 0.15) is 11.9 Å². The van der Waals surface area contributed by atoms with E-state index in [0.717, 1.165) is 0 Å². The van der Waals surface area contributed by atoms with Crippen molar-refractivity contribution in [2.75, 3.05) is 0 Å². The smallest absolute Gasteiger partial charge is 0.273 e. The number of hydrogen-bond acceptors (Lipinski definition) is 6. The lowest BCUT2D eigenvalue weighted by atomic mass is 9.94. The number of aromatic nitrogens is 5. The van der Waals surface area contributed by atoms with E-state index in [9.17, 15) is 10.1 Å². The highest BCUT2D eigenvalue weighted by Gasteiger charge is 2.24. The fourth-order valence-electron chi connectivity index (χ4n) is 4.11. The van der Waals surface area contributed by atoms with Crippen molar-refractivity contribution in [2.24, 2.45) is 12.8 Å². The van der Waals surface area contributed by atoms with E-state index in [4.69, 9.17) is 28.9 Å². The SMILES string of the molecule is Cn1ncc(-c2cc(Cl)c3c(=O)[nH]nc(CN)c3c2)c1-c1c(F)cc2ncc(Cl)cc2c1C#N. The molecule has 0 amide bonds. The van der Waals surface area contributed by atoms with Crippen LogP contribution in [0.2, 0.25) is 10.0 Å². The highest BCUT2D eigenvalue weighted by atomic mass is 35.5. The van der Waals surface area contributed by atoms with Gasteiger partial charge in [-0.15, -0.1) is 0 Å². The standard InChI is InChI=1S/C23H14Cl2FN7O/c1-33-22(21-14(6-27)12-4-11(24)8-29-18(12)5-17(21)26)15(9-30-33)10-2-13-19(7-28)31-32-23(34)20(13)16(25)3-10/h2-5,8-9H,7,28H2,1H3,(H,32,34). The van der Waals surface area contributed by atoms with Crippen molar-refractivity contribution in [2.45, 2.75) is 6.54 Å². The first-order valence-electron chi connectivity index (χ1n) is 9.95. The van der Waals surface area contributed by atoms with Crippen LogP contribution in [0.3, 0.4) is 0 Å². The maximum Gasteiger partial charge on any atom is 0.273 e. The van der Waals surface area contributed by atoms with Gasteiger partial charge >= 0.3 is 0 Å². The summed E-state index contributed by atoms with van der Waals surface area (Å²) in [6.07, 6.45) is 2.93. The Morgan fingerprint density at radius 3 is 2.74 bits per heavy atom. The van der Waals surface area contributed by atoms with E-state index in [1.807, 2.05) is 0 Å². The minimum atomic E-state index is -0.642. The molecule has 0 aliphatic heterocycles. The fraction of sp³-hybridized carbons (Fsp3) is 0.0870. The third-order valence-corrected chi connectivity index (χ3v) is 6.12. The lowest BCUT2D eigenvalue weighted by molar-refractivity contribution is 0.629. The van der Waals surface area contributed by atoms with E-state index in [-0.39, 0.29) is 28.1 Å². The summed E-state index contributed by atoms with van der Waals surface area (Å²) in [5.74, 6) is -0.642. The van der Waals surface area contributed by atoms with Gasteiger partial charge in [0, 0.05) is 42.2 Å². The summed E-state index contributed by atoms with van der Waals surface area (Å²) in [7, 11) is 1.64. The number of nitriles is 1. The molecule has 5 rings (SSSR count). The van der Waals surface area contributed by atoms with E-state index in [1.165, 1.54) is 23.1 Å². The molecule has 2 aromatic carbocycles. The van der Waals surface area contributed by atoms with Crippen molar-refractivity contribution in [3.8, 4) is 28.5 Å². The zero-order valence-electron chi connectivity index (χ0n) is 17.5. The summed E-state index contributed by atoms with van der Waals surface area (Å²) in [5, 5.41) is 22.3. The van der Waals surface area contributed by atoms with Crippen LogP contribution < -0.4 is 11.3 Å². The summed E-state index contributed by atoms with van der Waals surface area (Å²) in [5.41, 5.74) is 7.62. The maximum atomic E-state index is 15.4. The maximum absolute atomic E-state index is 15.4. The van der Waals surface area contributed by atoms with E-state index >= 15 is 4.39 Å². The Hall–Kier alpha value is -3.84. The largest absolute Gasteiger partial charge is 0.325 e. The topological polar surface area (TPSA) is 126 Å². The molecular formula is C23H14Cl2FN7O. The van der Waals surface area contributed by atoms with E-state index in [1.54, 1.807) is 25.2 Å². The normalized spacial score (nSPS) is 11.3. The molecule has 3 heterocycles. The van der Waals surface area contributed by atoms with Crippen LogP contribution in [0, 0.1) is 17.1 Å². The molecule has 0 radical (unpaired) electrons. The summed E-state index contributed by atoms with van der Waals surface area (Å²) in [4.78, 5) is 16.5. The molecule has 0 saturated carbocycles. The Labute approximate surface area is 201 Å². The molecular weight excluding hydrogens is 480 g/mol. The monoisotopic (exact) mass is 493 g/mol. The molecule has 5 aromatic rings. The third-order valence-electron chi connectivity index (χ3n) is 5.62. The number of nitrogens with two attached hydrogens (primary N) is 1. The number of halogens is 3. The number of benzene rings is 2. The molecule has 0 aliphatic carbocycles. The molecule has 0 bridgehead atoms. The zero-order chi connectivity index (χ0) is 24.1. The molecule has 0 saturated heterocycles. The molecule has 168 valence electrons. The van der Waals surface area contributed by atoms with Crippen LogP contribution in [0.4, 0.5) is 4.39 Å². The van der Waals surface area contributed by atoms with E-state index < -0.39 is 11.4 Å². The van der Waals surface area contributed by atoms with E-state index in [2.05, 4.69) is 26.3 Å². The highest BCUT2D eigenvalue weighted by Crippen LogP contribution is 2.40. The van der Waals surface area contributed by atoms with Crippen molar-refractivity contribution in [1.29, 1.82) is 5.26 Å². The lowest BCUT2D eigenvalue weighted by Gasteiger charge is -2.13. The van der Waals surface area contributed by atoms with Gasteiger partial charge in [0.05, 0.1) is 49.7 Å². The van der Waals surface area contributed by atoms with Crippen LogP contribution in [-0.2, 0) is 13.6 Å². The van der Waals surface area contributed by atoms with Gasteiger partial charge in [-0.1, -0.05) is 23.2 Å². The number of aromatic amines is 1. The van der Waals surface area contributed by atoms with Crippen LogP contribution in [0.15, 0.2) is 41.5 Å². The first-order chi connectivity index (χ1) is 16.3. The van der Waals surface area contributed by atoms with Crippen LogP contribution in [0.25, 0.3) is 44.1 Å². The average Bonchev–Trinajstić information content (AvgIpc) is 3.19. The van der Waals surface area contributed by atoms with Gasteiger partial charge in [-0.05, 0) is 23.8 Å². The zero-order valence-corrected chi connectivity index (χ0v) is 19.0. The van der Waals surface area contributed by atoms with Crippen LogP contribution in [0.1, 0.15) is 11.3 Å². The van der Waals surface area contributed by atoms with Crippen molar-refractivity contribution in [3.05, 3.63) is 74.1 Å². The van der Waals surface area contributed by atoms with Gasteiger partial charge < -0.3 is 5.73 Å². The molecule has 0 atom stereocenters. The Kier molecular flexibility index (Phi) is 5.29. The number of nitrogens with one attached hydrogen (secondary N) is 1. The number of H-pyrrole nitrogens is 1. The fourth-order valence-corrected chi connectivity index (χ4v) is 4.58. The van der Waals surface area contributed by atoms with Crippen LogP contribution in [-0.4, -0.2) is 25.0 Å². The van der Waals surface area contributed by atoms with Crippen LogP contribution >= 0.6 is 23.2 Å². The quantitative estimate of drug-likeness (QED) is 0.385. The molecule has 11 heteroatoms. The predicted molar refractivity (Wildman–Crippen MR) is 128 cm³/mol. The summed E-state index contributed by atoms with van der Waals surface area (Å²) in [6.45, 7) is 0.0681. The number of aryl methyl sites for hydroxylation is 1. The van der Waals surface area contributed by atoms with Gasteiger partial charge in [0.2, 0.25) is 0 Å². The second-order valence-corrected chi connectivity index (χ2v) is 8.40. The summed E-state index contributed by atoms with van der Waals surface area (Å²) < 4.78 is 16.9. The molecule has 8 nitrogen and oxygen atoms in total. The Bertz CT molecular complexity index is 1740. The van der Waals surface area contributed by atoms with Crippen molar-refractivity contribution in [3.63, 3.8) is 0 Å². The first-order valence-corrected chi connectivity index (χ1v) is 10.7. The molecule has 0 aliphatic rings. The van der Waals surface area contributed by atoms with Gasteiger partial charge in [0.25, 0.3) is 5.56 Å². The Morgan fingerprint density at radius 1 is 1.21 bits per heavy atom. The molecule has 0 unspecified atom stereocenters. The van der Waals surface area contributed by atoms with Gasteiger partial charge in [-0.2, -0.15) is 15.5 Å². The highest BCUT2D eigenvalue weighted by molar-refractivity contribution is 6.36. The van der Waals surface area contributed by atoms with Crippen molar-refractivity contribution < 1.29 is 4.39 Å². The minimum absolute atomic E-state index is 0.0494. The minimum Gasteiger partial charge on any atom is -0.325 e. The molecule has 3 aromatic heterocycles. The molecule has 0 spiro atoms. The number of nitrogens with zero attached hydrogens (tertiary/aromatic N) is 5. The number of rotatable bonds is 3. The van der Waals surface area contributed by atoms with Crippen molar-refractivity contribution in [1.82, 2.24) is 25.0 Å². The summed E-state index contributed by atoms with van der Waals surface area (Å²) >= 11 is 12.6. The predicted octanol–water partition coefficient (Wildman–Crippen LogP) is 4.32. The number of hydrogen-bond donors (Lipinski definition) is 2. The lowest BCUT2D eigenvalue weighted by Crippen LogP contribution is -2.13. The number of fused-ring (bicyclic) bond motifs is 2. The second-order valence-electron chi connectivity index (χ2n) is 7.56. The number of pyridine rings is 1. The summed E-state index contributed by atoms with van der Waals surface area (Å²) in [6, 6.07) is 8.20. The Morgan fingerprint density at radius 2 is 2.00 bits per heavy atom. The van der Waals surface area contributed by atoms with Crippen molar-refractivity contribution >= 4 is 44.9 Å². The molecule has 0 fully saturated rings. The second kappa shape index (κ2) is 8.18. The third kappa shape index (κ3) is 3.31. The Balaban J connectivity index is 1.85. The van der Waals surface area contributed by atoms with Gasteiger partial charge in [-0.3, -0.25) is 14.5 Å². The van der Waals surface area contributed by atoms with Gasteiger partial charge in [-0.25, -0.2) is 9.49 Å².